The molecule has 2 aromatic heterocycles. The molecule has 0 saturated heterocycles. The molecule has 2 heterocycles. The monoisotopic (exact) mass is 472 g/mol. The highest BCUT2D eigenvalue weighted by Gasteiger charge is 2.24. The first-order valence-electron chi connectivity index (χ1n) is 10.6. The predicted octanol–water partition coefficient (Wildman–Crippen LogP) is 5.10. The molecule has 170 valence electrons. The van der Waals surface area contributed by atoms with Crippen LogP contribution in [0.3, 0.4) is 0 Å². The van der Waals surface area contributed by atoms with E-state index in [9.17, 15) is 9.59 Å². The Bertz CT molecular complexity index is 1650. The van der Waals surface area contributed by atoms with Crippen LogP contribution in [-0.2, 0) is 7.05 Å². The first-order valence-corrected chi connectivity index (χ1v) is 11.0. The van der Waals surface area contributed by atoms with Crippen LogP contribution in [-0.4, -0.2) is 27.4 Å². The van der Waals surface area contributed by atoms with Gasteiger partial charge in [-0.3, -0.25) is 9.59 Å². The molecule has 0 aliphatic heterocycles. The number of aromatic nitrogens is 3. The molecule has 5 aromatic rings. The Morgan fingerprint density at radius 2 is 1.79 bits per heavy atom. The molecule has 0 aliphatic carbocycles. The second-order valence-corrected chi connectivity index (χ2v) is 8.36. The number of aryl methyl sites for hydroxylation is 2. The molecule has 0 saturated carbocycles. The number of anilines is 1. The Hall–Kier alpha value is -4.10. The van der Waals surface area contributed by atoms with Crippen molar-refractivity contribution < 1.29 is 9.53 Å². The van der Waals surface area contributed by atoms with Crippen LogP contribution < -0.4 is 15.6 Å². The van der Waals surface area contributed by atoms with Crippen molar-refractivity contribution in [1.29, 1.82) is 0 Å². The number of fused-ring (bicyclic) bond motifs is 3. The summed E-state index contributed by atoms with van der Waals surface area (Å²) >= 11 is 6.32. The van der Waals surface area contributed by atoms with Crippen LogP contribution in [0.1, 0.15) is 16.1 Å². The molecule has 0 bridgehead atoms. The van der Waals surface area contributed by atoms with E-state index in [4.69, 9.17) is 16.3 Å². The Kier molecular flexibility index (Phi) is 5.34. The van der Waals surface area contributed by atoms with E-state index in [2.05, 4.69) is 10.4 Å². The minimum absolute atomic E-state index is 0.140. The number of hydrogen-bond acceptors (Lipinski definition) is 4. The first kappa shape index (κ1) is 21.7. The maximum absolute atomic E-state index is 13.6. The molecule has 0 fully saturated rings. The number of nitrogens with one attached hydrogen (secondary N) is 1. The average Bonchev–Trinajstić information content (AvgIpc) is 3.14. The number of ether oxygens (including phenoxy) is 1. The Balaban J connectivity index is 1.81. The smallest absolute Gasteiger partial charge is 0.296 e. The standard InChI is InChI=1S/C26H21ClN4O3/c1-15-8-4-6-10-19(15)28-25(32)23-22-17-9-5-7-11-20(17)30(2)24(22)26(33)31(29-23)16-12-13-21(34-3)18(27)14-16/h4-14H,1-3H3,(H,28,32). The zero-order chi connectivity index (χ0) is 24.0. The summed E-state index contributed by atoms with van der Waals surface area (Å²) in [6.07, 6.45) is 0. The van der Waals surface area contributed by atoms with E-state index in [0.717, 1.165) is 16.5 Å². The number of nitrogens with zero attached hydrogens (tertiary/aromatic N) is 3. The lowest BCUT2D eigenvalue weighted by Gasteiger charge is -2.12. The molecule has 5 rings (SSSR count). The van der Waals surface area contributed by atoms with E-state index < -0.39 is 5.91 Å². The van der Waals surface area contributed by atoms with Crippen molar-refractivity contribution in [3.8, 4) is 11.4 Å². The van der Waals surface area contributed by atoms with Gasteiger partial charge in [0.1, 0.15) is 11.3 Å². The number of amides is 1. The number of carbonyl (C=O) groups excluding carboxylic acids is 1. The van der Waals surface area contributed by atoms with Gasteiger partial charge >= 0.3 is 0 Å². The van der Waals surface area contributed by atoms with Crippen LogP contribution >= 0.6 is 11.6 Å². The van der Waals surface area contributed by atoms with Crippen molar-refractivity contribution in [2.45, 2.75) is 6.92 Å². The van der Waals surface area contributed by atoms with E-state index >= 15 is 0 Å². The fourth-order valence-electron chi connectivity index (χ4n) is 4.19. The number of methoxy groups -OCH3 is 1. The maximum Gasteiger partial charge on any atom is 0.296 e. The van der Waals surface area contributed by atoms with Gasteiger partial charge in [-0.15, -0.1) is 0 Å². The van der Waals surface area contributed by atoms with E-state index in [1.807, 2.05) is 55.5 Å². The van der Waals surface area contributed by atoms with Gasteiger partial charge in [-0.1, -0.05) is 48.0 Å². The molecule has 0 aliphatic rings. The third kappa shape index (κ3) is 3.41. The topological polar surface area (TPSA) is 78.2 Å². The summed E-state index contributed by atoms with van der Waals surface area (Å²) in [6.45, 7) is 1.91. The molecule has 3 aromatic carbocycles. The van der Waals surface area contributed by atoms with E-state index in [1.54, 1.807) is 29.8 Å². The van der Waals surface area contributed by atoms with Crippen LogP contribution in [0.2, 0.25) is 5.02 Å². The molecule has 0 radical (unpaired) electrons. The largest absolute Gasteiger partial charge is 0.495 e. The van der Waals surface area contributed by atoms with Gasteiger partial charge in [-0.25, -0.2) is 0 Å². The van der Waals surface area contributed by atoms with Crippen LogP contribution in [0.15, 0.2) is 71.5 Å². The third-order valence-corrected chi connectivity index (χ3v) is 6.22. The van der Waals surface area contributed by atoms with Gasteiger partial charge in [0.25, 0.3) is 11.5 Å². The quantitative estimate of drug-likeness (QED) is 0.394. The van der Waals surface area contributed by atoms with E-state index in [0.29, 0.717) is 33.0 Å². The van der Waals surface area contributed by atoms with Gasteiger partial charge < -0.3 is 14.6 Å². The normalized spacial score (nSPS) is 11.2. The maximum atomic E-state index is 13.6. The van der Waals surface area contributed by atoms with Crippen molar-refractivity contribution in [1.82, 2.24) is 14.3 Å². The Morgan fingerprint density at radius 3 is 2.53 bits per heavy atom. The highest BCUT2D eigenvalue weighted by atomic mass is 35.5. The zero-order valence-corrected chi connectivity index (χ0v) is 19.6. The van der Waals surface area contributed by atoms with Crippen molar-refractivity contribution in [2.75, 3.05) is 12.4 Å². The Morgan fingerprint density at radius 1 is 1.06 bits per heavy atom. The second kappa shape index (κ2) is 8.35. The first-order chi connectivity index (χ1) is 16.4. The van der Waals surface area contributed by atoms with Gasteiger partial charge in [0.2, 0.25) is 0 Å². The number of carbonyl (C=O) groups is 1. The lowest BCUT2D eigenvalue weighted by atomic mass is 10.1. The average molecular weight is 473 g/mol. The third-order valence-electron chi connectivity index (χ3n) is 5.93. The highest BCUT2D eigenvalue weighted by molar-refractivity contribution is 6.32. The van der Waals surface area contributed by atoms with Crippen LogP contribution in [0.4, 0.5) is 5.69 Å². The number of para-hydroxylation sites is 2. The molecule has 7 nitrogen and oxygen atoms in total. The molecule has 34 heavy (non-hydrogen) atoms. The van der Waals surface area contributed by atoms with Gasteiger partial charge in [0.15, 0.2) is 5.69 Å². The predicted molar refractivity (Wildman–Crippen MR) is 135 cm³/mol. The SMILES string of the molecule is COc1ccc(-n2nc(C(=O)Nc3ccccc3C)c3c4ccccc4n(C)c3c2=O)cc1Cl. The number of rotatable bonds is 4. The molecule has 0 atom stereocenters. The summed E-state index contributed by atoms with van der Waals surface area (Å²) < 4.78 is 8.23. The number of benzene rings is 3. The van der Waals surface area contributed by atoms with Crippen molar-refractivity contribution in [3.05, 3.63) is 93.4 Å². The van der Waals surface area contributed by atoms with E-state index in [1.165, 1.54) is 11.8 Å². The molecule has 8 heteroatoms. The molecule has 0 unspecified atom stereocenters. The fourth-order valence-corrected chi connectivity index (χ4v) is 4.45. The van der Waals surface area contributed by atoms with Crippen molar-refractivity contribution in [3.63, 3.8) is 0 Å². The van der Waals surface area contributed by atoms with Crippen molar-refractivity contribution >= 4 is 45.0 Å². The summed E-state index contributed by atoms with van der Waals surface area (Å²) in [5.41, 5.74) is 3.00. The lowest BCUT2D eigenvalue weighted by Crippen LogP contribution is -2.27. The molecule has 1 amide bonds. The second-order valence-electron chi connectivity index (χ2n) is 7.95. The molecular weight excluding hydrogens is 452 g/mol. The van der Waals surface area contributed by atoms with Gasteiger partial charge in [-0.2, -0.15) is 9.78 Å². The van der Waals surface area contributed by atoms with Gasteiger partial charge in [0, 0.05) is 29.0 Å². The van der Waals surface area contributed by atoms with Crippen LogP contribution in [0, 0.1) is 6.92 Å². The van der Waals surface area contributed by atoms with Gasteiger partial charge in [-0.05, 0) is 42.8 Å². The van der Waals surface area contributed by atoms with Crippen LogP contribution in [0.5, 0.6) is 5.75 Å². The minimum Gasteiger partial charge on any atom is -0.495 e. The van der Waals surface area contributed by atoms with Gasteiger partial charge in [0.05, 0.1) is 17.8 Å². The van der Waals surface area contributed by atoms with Crippen molar-refractivity contribution in [2.24, 2.45) is 7.05 Å². The lowest BCUT2D eigenvalue weighted by molar-refractivity contribution is 0.102. The van der Waals surface area contributed by atoms with E-state index in [-0.39, 0.29) is 11.3 Å². The molecule has 1 N–H and O–H groups in total. The Labute approximate surface area is 200 Å². The zero-order valence-electron chi connectivity index (χ0n) is 18.8. The van der Waals surface area contributed by atoms with Crippen LogP contribution in [0.25, 0.3) is 27.5 Å². The summed E-state index contributed by atoms with van der Waals surface area (Å²) in [4.78, 5) is 27.2. The molecular formula is C26H21ClN4O3. The molecule has 0 spiro atoms. The number of hydrogen-bond donors (Lipinski definition) is 1. The highest BCUT2D eigenvalue weighted by Crippen LogP contribution is 2.30. The fraction of sp³-hybridized carbons (Fsp3) is 0.115. The minimum atomic E-state index is -0.413. The summed E-state index contributed by atoms with van der Waals surface area (Å²) in [5, 5.41) is 9.10. The number of halogens is 1. The summed E-state index contributed by atoms with van der Waals surface area (Å²) in [5.74, 6) is 0.0608. The summed E-state index contributed by atoms with van der Waals surface area (Å²) in [6, 6.07) is 20.0. The summed E-state index contributed by atoms with van der Waals surface area (Å²) in [7, 11) is 3.32.